The van der Waals surface area contributed by atoms with E-state index in [2.05, 4.69) is 10.6 Å². The van der Waals surface area contributed by atoms with Gasteiger partial charge < -0.3 is 20.1 Å². The Kier molecular flexibility index (Phi) is 8.51. The Labute approximate surface area is 196 Å². The number of nitrogens with one attached hydrogen (secondary N) is 2. The number of amides is 2. The number of hydrogen-bond acceptors (Lipinski definition) is 5. The van der Waals surface area contributed by atoms with E-state index >= 15 is 0 Å². The maximum Gasteiger partial charge on any atom is 0.513 e. The summed E-state index contributed by atoms with van der Waals surface area (Å²) in [6.07, 6.45) is 2.17. The van der Waals surface area contributed by atoms with Gasteiger partial charge in [0.1, 0.15) is 11.6 Å². The molecule has 0 spiro atoms. The SMILES string of the molecule is CCOC(=O)Oc1ccc(C(=O)Nc2ccc(CNC(=O)/C=C/c3ccc(F)cc3)cc2)cc1. The van der Waals surface area contributed by atoms with Crippen LogP contribution < -0.4 is 15.4 Å². The van der Waals surface area contributed by atoms with Crippen LogP contribution in [0.3, 0.4) is 0 Å². The second-order valence-electron chi connectivity index (χ2n) is 7.06. The van der Waals surface area contributed by atoms with Crippen LogP contribution in [0.1, 0.15) is 28.4 Å². The van der Waals surface area contributed by atoms with E-state index in [0.29, 0.717) is 17.8 Å². The normalized spacial score (nSPS) is 10.5. The molecule has 7 nitrogen and oxygen atoms in total. The molecule has 34 heavy (non-hydrogen) atoms. The Morgan fingerprint density at radius 3 is 2.24 bits per heavy atom. The van der Waals surface area contributed by atoms with Crippen molar-refractivity contribution in [2.45, 2.75) is 13.5 Å². The molecular formula is C26H23FN2O5. The van der Waals surface area contributed by atoms with Gasteiger partial charge in [0.25, 0.3) is 5.91 Å². The fourth-order valence-corrected chi connectivity index (χ4v) is 2.82. The van der Waals surface area contributed by atoms with E-state index < -0.39 is 6.16 Å². The van der Waals surface area contributed by atoms with E-state index in [9.17, 15) is 18.8 Å². The van der Waals surface area contributed by atoms with Gasteiger partial charge in [-0.3, -0.25) is 9.59 Å². The lowest BCUT2D eigenvalue weighted by Gasteiger charge is -2.08. The van der Waals surface area contributed by atoms with Crippen molar-refractivity contribution in [3.05, 3.63) is 101 Å². The van der Waals surface area contributed by atoms with Gasteiger partial charge in [-0.25, -0.2) is 9.18 Å². The van der Waals surface area contributed by atoms with Crippen LogP contribution in [0.25, 0.3) is 6.08 Å². The summed E-state index contributed by atoms with van der Waals surface area (Å²) in [5, 5.41) is 5.54. The lowest BCUT2D eigenvalue weighted by atomic mass is 10.1. The molecule has 0 aliphatic rings. The number of anilines is 1. The van der Waals surface area contributed by atoms with Crippen molar-refractivity contribution in [2.24, 2.45) is 0 Å². The number of hydrogen-bond donors (Lipinski definition) is 2. The first-order chi connectivity index (χ1) is 16.4. The Morgan fingerprint density at radius 1 is 0.912 bits per heavy atom. The van der Waals surface area contributed by atoms with Gasteiger partial charge in [0.05, 0.1) is 6.61 Å². The first-order valence-corrected chi connectivity index (χ1v) is 10.5. The fourth-order valence-electron chi connectivity index (χ4n) is 2.82. The lowest BCUT2D eigenvalue weighted by Crippen LogP contribution is -2.20. The zero-order valence-corrected chi connectivity index (χ0v) is 18.4. The van der Waals surface area contributed by atoms with E-state index in [-0.39, 0.29) is 30.0 Å². The minimum absolute atomic E-state index is 0.207. The first-order valence-electron chi connectivity index (χ1n) is 10.5. The average Bonchev–Trinajstić information content (AvgIpc) is 2.84. The largest absolute Gasteiger partial charge is 0.513 e. The van der Waals surface area contributed by atoms with Gasteiger partial charge in [-0.05, 0) is 72.7 Å². The molecule has 3 aromatic rings. The Morgan fingerprint density at radius 2 is 1.59 bits per heavy atom. The van der Waals surface area contributed by atoms with E-state index in [1.165, 1.54) is 42.5 Å². The summed E-state index contributed by atoms with van der Waals surface area (Å²) in [5.74, 6) is -0.666. The van der Waals surface area contributed by atoms with Gasteiger partial charge in [-0.2, -0.15) is 0 Å². The molecule has 0 heterocycles. The highest BCUT2D eigenvalue weighted by molar-refractivity contribution is 6.04. The second-order valence-corrected chi connectivity index (χ2v) is 7.06. The monoisotopic (exact) mass is 462 g/mol. The number of carbonyl (C=O) groups is 3. The van der Waals surface area contributed by atoms with Crippen LogP contribution in [-0.2, 0) is 16.1 Å². The predicted octanol–water partition coefficient (Wildman–Crippen LogP) is 4.94. The van der Waals surface area contributed by atoms with Crippen molar-refractivity contribution < 1.29 is 28.2 Å². The number of rotatable bonds is 8. The summed E-state index contributed by atoms with van der Waals surface area (Å²) >= 11 is 0. The summed E-state index contributed by atoms with van der Waals surface area (Å²) < 4.78 is 22.6. The Bertz CT molecular complexity index is 1160. The van der Waals surface area contributed by atoms with Crippen LogP contribution in [0, 0.1) is 5.82 Å². The molecule has 2 N–H and O–H groups in total. The fraction of sp³-hybridized carbons (Fsp3) is 0.115. The molecule has 0 saturated carbocycles. The molecule has 0 aliphatic heterocycles. The summed E-state index contributed by atoms with van der Waals surface area (Å²) in [4.78, 5) is 35.7. The third-order valence-electron chi connectivity index (χ3n) is 4.56. The van der Waals surface area contributed by atoms with Crippen molar-refractivity contribution in [3.8, 4) is 5.75 Å². The molecule has 0 bridgehead atoms. The highest BCUT2D eigenvalue weighted by atomic mass is 19.1. The van der Waals surface area contributed by atoms with Crippen molar-refractivity contribution in [1.29, 1.82) is 0 Å². The molecule has 2 amide bonds. The van der Waals surface area contributed by atoms with Crippen LogP contribution in [0.2, 0.25) is 0 Å². The quantitative estimate of drug-likeness (QED) is 0.281. The Hall–Kier alpha value is -4.46. The van der Waals surface area contributed by atoms with Gasteiger partial charge in [-0.1, -0.05) is 24.3 Å². The zero-order chi connectivity index (χ0) is 24.3. The molecule has 0 aromatic heterocycles. The molecule has 0 saturated heterocycles. The van der Waals surface area contributed by atoms with Gasteiger partial charge in [0, 0.05) is 23.9 Å². The van der Waals surface area contributed by atoms with Crippen LogP contribution in [0.5, 0.6) is 5.75 Å². The van der Waals surface area contributed by atoms with Gasteiger partial charge in [0.2, 0.25) is 5.91 Å². The molecule has 174 valence electrons. The summed E-state index contributed by atoms with van der Waals surface area (Å²) in [7, 11) is 0. The van der Waals surface area contributed by atoms with Crippen LogP contribution in [-0.4, -0.2) is 24.6 Å². The highest BCUT2D eigenvalue weighted by Gasteiger charge is 2.09. The maximum absolute atomic E-state index is 12.9. The molecule has 0 aliphatic carbocycles. The van der Waals surface area contributed by atoms with E-state index in [4.69, 9.17) is 9.47 Å². The van der Waals surface area contributed by atoms with Gasteiger partial charge in [0.15, 0.2) is 0 Å². The van der Waals surface area contributed by atoms with Crippen molar-refractivity contribution >= 4 is 29.7 Å². The van der Waals surface area contributed by atoms with Gasteiger partial charge >= 0.3 is 6.16 Å². The van der Waals surface area contributed by atoms with E-state index in [1.54, 1.807) is 49.4 Å². The van der Waals surface area contributed by atoms with E-state index in [1.807, 2.05) is 0 Å². The topological polar surface area (TPSA) is 93.7 Å². The van der Waals surface area contributed by atoms with Crippen LogP contribution in [0.15, 0.2) is 78.9 Å². The van der Waals surface area contributed by atoms with Gasteiger partial charge in [-0.15, -0.1) is 0 Å². The minimum Gasteiger partial charge on any atom is -0.434 e. The lowest BCUT2D eigenvalue weighted by molar-refractivity contribution is -0.116. The summed E-state index contributed by atoms with van der Waals surface area (Å²) in [6, 6.07) is 18.9. The molecule has 0 unspecified atom stereocenters. The van der Waals surface area contributed by atoms with Crippen molar-refractivity contribution in [1.82, 2.24) is 5.32 Å². The highest BCUT2D eigenvalue weighted by Crippen LogP contribution is 2.16. The van der Waals surface area contributed by atoms with Crippen LogP contribution >= 0.6 is 0 Å². The summed E-state index contributed by atoms with van der Waals surface area (Å²) in [5.41, 5.74) is 2.54. The first kappa shape index (κ1) is 24.2. The predicted molar refractivity (Wildman–Crippen MR) is 126 cm³/mol. The molecule has 0 atom stereocenters. The molecule has 0 radical (unpaired) electrons. The molecule has 3 aromatic carbocycles. The maximum atomic E-state index is 12.9. The van der Waals surface area contributed by atoms with Crippen molar-refractivity contribution in [3.63, 3.8) is 0 Å². The zero-order valence-electron chi connectivity index (χ0n) is 18.4. The molecule has 8 heteroatoms. The van der Waals surface area contributed by atoms with E-state index in [0.717, 1.165) is 11.1 Å². The number of benzene rings is 3. The number of ether oxygens (including phenoxy) is 2. The standard InChI is InChI=1S/C26H23FN2O5/c1-2-33-26(32)34-23-14-8-20(9-15-23)25(31)29-22-12-5-19(6-13-22)17-28-24(30)16-7-18-3-10-21(27)11-4-18/h3-16H,2,17H2,1H3,(H,28,30)(H,29,31)/b16-7+. The third-order valence-corrected chi connectivity index (χ3v) is 4.56. The third kappa shape index (κ3) is 7.59. The summed E-state index contributed by atoms with van der Waals surface area (Å²) in [6.45, 7) is 2.19. The minimum atomic E-state index is -0.806. The number of halogens is 1. The molecule has 0 fully saturated rings. The molecular weight excluding hydrogens is 439 g/mol. The number of carbonyl (C=O) groups excluding carboxylic acids is 3. The average molecular weight is 462 g/mol. The van der Waals surface area contributed by atoms with Crippen molar-refractivity contribution in [2.75, 3.05) is 11.9 Å². The smallest absolute Gasteiger partial charge is 0.434 e. The second kappa shape index (κ2) is 12.0. The Balaban J connectivity index is 1.47. The molecule has 3 rings (SSSR count). The van der Waals surface area contributed by atoms with Crippen LogP contribution in [0.4, 0.5) is 14.9 Å².